The molecule has 0 radical (unpaired) electrons. The first kappa shape index (κ1) is 8.50. The summed E-state index contributed by atoms with van der Waals surface area (Å²) >= 11 is 8.36. The second kappa shape index (κ2) is 3.69. The van der Waals surface area contributed by atoms with Crippen LogP contribution in [0.2, 0.25) is 0 Å². The average Bonchev–Trinajstić information content (AvgIpc) is 1.79. The Kier molecular flexibility index (Phi) is 3.49. The molecule has 1 rings (SSSR count). The predicted octanol–water partition coefficient (Wildman–Crippen LogP) is 3.07. The van der Waals surface area contributed by atoms with Crippen LogP contribution in [0.15, 0.2) is 0 Å². The van der Waals surface area contributed by atoms with Crippen molar-refractivity contribution in [2.45, 2.75) is 24.0 Å². The molecular formula is C5H10S4. The summed E-state index contributed by atoms with van der Waals surface area (Å²) in [6, 6.07) is 0. The molecule has 0 nitrogen and oxygen atoms in total. The van der Waals surface area contributed by atoms with Crippen LogP contribution in [0, 0.1) is 0 Å². The van der Waals surface area contributed by atoms with Crippen LogP contribution in [0.5, 0.6) is 0 Å². The van der Waals surface area contributed by atoms with Crippen LogP contribution in [-0.4, -0.2) is 10.5 Å². The molecule has 0 amide bonds. The highest BCUT2D eigenvalue weighted by molar-refractivity contribution is 8.70. The van der Waals surface area contributed by atoms with Gasteiger partial charge in [0.1, 0.15) is 0 Å². The summed E-state index contributed by atoms with van der Waals surface area (Å²) in [6.45, 7) is 0. The lowest BCUT2D eigenvalue weighted by molar-refractivity contribution is 0.402. The fraction of sp³-hybridized carbons (Fsp3) is 1.00. The molecule has 4 heteroatoms. The number of hydrogen-bond donors (Lipinski definition) is 2. The maximum atomic E-state index is 4.24. The first-order valence-corrected chi connectivity index (χ1v) is 6.83. The second-order valence-corrected chi connectivity index (χ2v) is 5.32. The molecule has 1 aliphatic rings. The molecule has 0 aromatic rings. The molecule has 0 aromatic carbocycles. The monoisotopic (exact) mass is 198 g/mol. The van der Waals surface area contributed by atoms with Gasteiger partial charge in [0, 0.05) is 10.5 Å². The van der Waals surface area contributed by atoms with Gasteiger partial charge in [0.05, 0.1) is 0 Å². The quantitative estimate of drug-likeness (QED) is 0.528. The van der Waals surface area contributed by atoms with Gasteiger partial charge in [-0.05, 0) is 12.8 Å². The maximum absolute atomic E-state index is 4.24. The summed E-state index contributed by atoms with van der Waals surface area (Å²) in [5.41, 5.74) is 0. The van der Waals surface area contributed by atoms with E-state index in [1.807, 2.05) is 0 Å². The molecular weight excluding hydrogens is 188 g/mol. The fourth-order valence-electron chi connectivity index (χ4n) is 0.951. The Morgan fingerprint density at radius 1 is 1.33 bits per heavy atom. The molecule has 0 heterocycles. The van der Waals surface area contributed by atoms with Crippen molar-refractivity contribution in [1.82, 2.24) is 0 Å². The van der Waals surface area contributed by atoms with Gasteiger partial charge in [-0.25, -0.2) is 0 Å². The Hall–Kier alpha value is 1.40. The number of rotatable bonds is 3. The Morgan fingerprint density at radius 3 is 2.11 bits per heavy atom. The van der Waals surface area contributed by atoms with Gasteiger partial charge in [0.15, 0.2) is 0 Å². The Balaban J connectivity index is 2.28. The molecule has 0 unspecified atom stereocenters. The first-order valence-electron chi connectivity index (χ1n) is 2.92. The van der Waals surface area contributed by atoms with Gasteiger partial charge < -0.3 is 0 Å². The zero-order valence-corrected chi connectivity index (χ0v) is 8.46. The van der Waals surface area contributed by atoms with Gasteiger partial charge in [0.2, 0.25) is 0 Å². The molecule has 0 bridgehead atoms. The van der Waals surface area contributed by atoms with Gasteiger partial charge in [-0.15, -0.1) is 23.3 Å². The lowest BCUT2D eigenvalue weighted by Crippen LogP contribution is -2.34. The third-order valence-corrected chi connectivity index (χ3v) is 5.14. The first-order chi connectivity index (χ1) is 4.33. The van der Waals surface area contributed by atoms with Crippen LogP contribution in [0.4, 0.5) is 0 Å². The SMILES string of the molecule is SSCC1(SS)CCC1. The Morgan fingerprint density at radius 2 is 2.00 bits per heavy atom. The third kappa shape index (κ3) is 1.91. The topological polar surface area (TPSA) is 0 Å². The maximum Gasteiger partial charge on any atom is 0.0359 e. The lowest BCUT2D eigenvalue weighted by atomic mass is 9.86. The van der Waals surface area contributed by atoms with Crippen LogP contribution in [0.3, 0.4) is 0 Å². The van der Waals surface area contributed by atoms with Crippen molar-refractivity contribution < 1.29 is 0 Å². The van der Waals surface area contributed by atoms with Gasteiger partial charge >= 0.3 is 0 Å². The van der Waals surface area contributed by atoms with Gasteiger partial charge in [-0.3, -0.25) is 0 Å². The highest BCUT2D eigenvalue weighted by atomic mass is 33.1. The van der Waals surface area contributed by atoms with Gasteiger partial charge in [-0.2, -0.15) is 0 Å². The van der Waals surface area contributed by atoms with E-state index in [1.165, 1.54) is 19.3 Å². The molecule has 0 N–H and O–H groups in total. The standard InChI is InChI=1S/C5H10S4/c6-8-4-5(9-7)2-1-3-5/h6-7H,1-4H2. The molecule has 1 saturated carbocycles. The van der Waals surface area contributed by atoms with Crippen molar-refractivity contribution in [3.05, 3.63) is 0 Å². The van der Waals surface area contributed by atoms with Crippen LogP contribution in [-0.2, 0) is 0 Å². The van der Waals surface area contributed by atoms with E-state index < -0.39 is 0 Å². The van der Waals surface area contributed by atoms with Crippen LogP contribution in [0.1, 0.15) is 19.3 Å². The minimum absolute atomic E-state index is 0.482. The zero-order valence-electron chi connectivity index (χ0n) is 5.04. The minimum atomic E-state index is 0.482. The van der Waals surface area contributed by atoms with E-state index >= 15 is 0 Å². The Labute approximate surface area is 74.5 Å². The second-order valence-electron chi connectivity index (χ2n) is 2.40. The molecule has 1 aliphatic carbocycles. The molecule has 0 aromatic heterocycles. The predicted molar refractivity (Wildman–Crippen MR) is 54.6 cm³/mol. The van der Waals surface area contributed by atoms with Crippen molar-refractivity contribution >= 4 is 44.9 Å². The molecule has 1 fully saturated rings. The molecule has 0 aliphatic heterocycles. The van der Waals surface area contributed by atoms with Crippen molar-refractivity contribution in [3.8, 4) is 0 Å². The summed E-state index contributed by atoms with van der Waals surface area (Å²) < 4.78 is 0.482. The third-order valence-electron chi connectivity index (χ3n) is 1.79. The smallest absolute Gasteiger partial charge is 0.0359 e. The molecule has 54 valence electrons. The van der Waals surface area contributed by atoms with Crippen LogP contribution >= 0.6 is 44.9 Å². The summed E-state index contributed by atoms with van der Waals surface area (Å²) in [6.07, 6.45) is 4.03. The van der Waals surface area contributed by atoms with Crippen molar-refractivity contribution in [3.63, 3.8) is 0 Å². The van der Waals surface area contributed by atoms with E-state index in [4.69, 9.17) is 0 Å². The van der Waals surface area contributed by atoms with E-state index in [1.54, 1.807) is 21.6 Å². The Bertz CT molecular complexity index is 83.4. The number of thiol groups is 2. The molecule has 9 heavy (non-hydrogen) atoms. The highest BCUT2D eigenvalue weighted by Gasteiger charge is 2.36. The molecule has 0 atom stereocenters. The summed E-state index contributed by atoms with van der Waals surface area (Å²) in [4.78, 5) is 0. The van der Waals surface area contributed by atoms with Gasteiger partial charge in [-0.1, -0.05) is 28.0 Å². The normalized spacial score (nSPS) is 23.3. The van der Waals surface area contributed by atoms with Crippen molar-refractivity contribution in [2.75, 3.05) is 5.75 Å². The van der Waals surface area contributed by atoms with Crippen molar-refractivity contribution in [2.24, 2.45) is 0 Å². The summed E-state index contributed by atoms with van der Waals surface area (Å²) in [7, 11) is 3.34. The summed E-state index contributed by atoms with van der Waals surface area (Å²) in [5.74, 6) is 1.14. The molecule has 0 saturated heterocycles. The fourth-order valence-corrected chi connectivity index (χ4v) is 4.36. The largest absolute Gasteiger partial charge is 0.111 e. The van der Waals surface area contributed by atoms with E-state index in [0.717, 1.165) is 5.75 Å². The van der Waals surface area contributed by atoms with E-state index in [9.17, 15) is 0 Å². The number of hydrogen-bond acceptors (Lipinski definition) is 4. The zero-order chi connectivity index (χ0) is 6.74. The summed E-state index contributed by atoms with van der Waals surface area (Å²) in [5, 5.41) is 0. The van der Waals surface area contributed by atoms with Crippen LogP contribution < -0.4 is 0 Å². The lowest BCUT2D eigenvalue weighted by Gasteiger charge is -2.38. The highest BCUT2D eigenvalue weighted by Crippen LogP contribution is 2.48. The van der Waals surface area contributed by atoms with E-state index in [0.29, 0.717) is 4.75 Å². The van der Waals surface area contributed by atoms with Crippen LogP contribution in [0.25, 0.3) is 0 Å². The van der Waals surface area contributed by atoms with E-state index in [-0.39, 0.29) is 0 Å². The molecule has 0 spiro atoms. The average molecular weight is 198 g/mol. The van der Waals surface area contributed by atoms with Gasteiger partial charge in [0.25, 0.3) is 0 Å². The minimum Gasteiger partial charge on any atom is -0.111 e. The van der Waals surface area contributed by atoms with Crippen molar-refractivity contribution in [1.29, 1.82) is 0 Å². The van der Waals surface area contributed by atoms with E-state index in [2.05, 4.69) is 23.3 Å².